The first-order valence-corrected chi connectivity index (χ1v) is 5.97. The molecule has 106 valence electrons. The van der Waals surface area contributed by atoms with Gasteiger partial charge in [0.15, 0.2) is 0 Å². The van der Waals surface area contributed by atoms with E-state index in [1.165, 1.54) is 0 Å². The average Bonchev–Trinajstić information content (AvgIpc) is 2.45. The fourth-order valence-electron chi connectivity index (χ4n) is 1.48. The van der Waals surface area contributed by atoms with Gasteiger partial charge in [-0.1, -0.05) is 0 Å². The number of likely N-dealkylation sites (N-methyl/N-ethyl adjacent to an activating group) is 1. The molecule has 0 radical (unpaired) electrons. The zero-order valence-corrected chi connectivity index (χ0v) is 11.5. The number of carbonyl (C=O) groups excluding carboxylic acids is 1. The van der Waals surface area contributed by atoms with E-state index in [1.807, 2.05) is 7.05 Å². The molecule has 1 rings (SSSR count). The minimum absolute atomic E-state index is 0.131. The second kappa shape index (κ2) is 8.20. The van der Waals surface area contributed by atoms with Gasteiger partial charge in [0.1, 0.15) is 18.1 Å². The summed E-state index contributed by atoms with van der Waals surface area (Å²) in [4.78, 5) is 11.4. The predicted molar refractivity (Wildman–Crippen MR) is 71.7 cm³/mol. The molecule has 0 fully saturated rings. The third kappa shape index (κ3) is 5.05. The number of hydrogen-bond acceptors (Lipinski definition) is 5. The Balaban J connectivity index is 2.53. The molecule has 0 unspecified atom stereocenters. The number of amides is 1. The van der Waals surface area contributed by atoms with Gasteiger partial charge in [-0.2, -0.15) is 0 Å². The monoisotopic (exact) mass is 268 g/mol. The largest absolute Gasteiger partial charge is 0.497 e. The van der Waals surface area contributed by atoms with Crippen molar-refractivity contribution in [1.29, 1.82) is 0 Å². The van der Waals surface area contributed by atoms with Crippen molar-refractivity contribution in [3.63, 3.8) is 0 Å². The van der Waals surface area contributed by atoms with Crippen LogP contribution < -0.4 is 20.1 Å². The third-order valence-corrected chi connectivity index (χ3v) is 2.49. The number of methoxy groups -OCH3 is 2. The van der Waals surface area contributed by atoms with Crippen molar-refractivity contribution in [3.8, 4) is 11.5 Å². The molecule has 1 amide bonds. The number of carbonyl (C=O) groups is 1. The summed E-state index contributed by atoms with van der Waals surface area (Å²) in [6, 6.07) is 5.34. The van der Waals surface area contributed by atoms with E-state index in [0.717, 1.165) is 5.56 Å². The van der Waals surface area contributed by atoms with E-state index in [2.05, 4.69) is 10.6 Å². The van der Waals surface area contributed by atoms with Crippen molar-refractivity contribution in [2.45, 2.75) is 6.61 Å². The highest BCUT2D eigenvalue weighted by Crippen LogP contribution is 2.24. The highest BCUT2D eigenvalue weighted by atomic mass is 16.5. The lowest BCUT2D eigenvalue weighted by molar-refractivity contribution is 0.138. The summed E-state index contributed by atoms with van der Waals surface area (Å²) in [5.41, 5.74) is 0.755. The van der Waals surface area contributed by atoms with Crippen LogP contribution in [0.3, 0.4) is 0 Å². The summed E-state index contributed by atoms with van der Waals surface area (Å²) in [6.45, 7) is 1.34. The van der Waals surface area contributed by atoms with Crippen molar-refractivity contribution in [3.05, 3.63) is 23.8 Å². The quantitative estimate of drug-likeness (QED) is 0.726. The number of hydrogen-bond donors (Lipinski definition) is 2. The molecule has 0 aliphatic rings. The van der Waals surface area contributed by atoms with Gasteiger partial charge in [0, 0.05) is 18.7 Å². The molecule has 0 aliphatic carbocycles. The number of alkyl carbamates (subject to hydrolysis) is 1. The molecule has 0 saturated heterocycles. The summed E-state index contributed by atoms with van der Waals surface area (Å²) in [7, 11) is 4.96. The van der Waals surface area contributed by atoms with Crippen molar-refractivity contribution in [2.75, 3.05) is 34.4 Å². The van der Waals surface area contributed by atoms with Crippen LogP contribution in [-0.4, -0.2) is 40.5 Å². The Labute approximate surface area is 113 Å². The molecule has 0 aromatic heterocycles. The molecule has 0 heterocycles. The van der Waals surface area contributed by atoms with E-state index in [9.17, 15) is 4.79 Å². The first-order chi connectivity index (χ1) is 9.21. The molecule has 0 aliphatic heterocycles. The van der Waals surface area contributed by atoms with Crippen LogP contribution in [-0.2, 0) is 11.3 Å². The van der Waals surface area contributed by atoms with Gasteiger partial charge in [0.05, 0.1) is 14.2 Å². The first kappa shape index (κ1) is 15.1. The maximum atomic E-state index is 11.4. The number of ether oxygens (including phenoxy) is 3. The highest BCUT2D eigenvalue weighted by molar-refractivity contribution is 5.67. The van der Waals surface area contributed by atoms with Crippen molar-refractivity contribution < 1.29 is 19.0 Å². The van der Waals surface area contributed by atoms with Gasteiger partial charge in [-0.3, -0.25) is 0 Å². The number of rotatable bonds is 7. The molecular weight excluding hydrogens is 248 g/mol. The molecule has 2 N–H and O–H groups in total. The van der Waals surface area contributed by atoms with Crippen LogP contribution in [0.4, 0.5) is 4.79 Å². The molecule has 19 heavy (non-hydrogen) atoms. The maximum Gasteiger partial charge on any atom is 0.407 e. The van der Waals surface area contributed by atoms with Gasteiger partial charge in [-0.25, -0.2) is 4.79 Å². The lowest BCUT2D eigenvalue weighted by Gasteiger charge is -2.11. The van der Waals surface area contributed by atoms with Gasteiger partial charge in [-0.05, 0) is 25.2 Å². The number of benzene rings is 1. The van der Waals surface area contributed by atoms with Crippen LogP contribution in [0.5, 0.6) is 11.5 Å². The fourth-order valence-corrected chi connectivity index (χ4v) is 1.48. The molecule has 0 saturated carbocycles. The Morgan fingerprint density at radius 1 is 1.21 bits per heavy atom. The van der Waals surface area contributed by atoms with Gasteiger partial charge in [0.2, 0.25) is 0 Å². The molecule has 0 spiro atoms. The van der Waals surface area contributed by atoms with Crippen LogP contribution in [0.25, 0.3) is 0 Å². The van der Waals surface area contributed by atoms with Gasteiger partial charge in [0.25, 0.3) is 0 Å². The second-order valence-corrected chi connectivity index (χ2v) is 3.78. The zero-order chi connectivity index (χ0) is 14.1. The second-order valence-electron chi connectivity index (χ2n) is 3.78. The van der Waals surface area contributed by atoms with Crippen LogP contribution in [0.2, 0.25) is 0 Å². The topological polar surface area (TPSA) is 68.8 Å². The lowest BCUT2D eigenvalue weighted by atomic mass is 10.2. The Bertz CT molecular complexity index is 410. The van der Waals surface area contributed by atoms with Crippen LogP contribution in [0.15, 0.2) is 18.2 Å². The van der Waals surface area contributed by atoms with E-state index in [0.29, 0.717) is 24.6 Å². The van der Waals surface area contributed by atoms with Gasteiger partial charge in [-0.15, -0.1) is 0 Å². The average molecular weight is 268 g/mol. The molecule has 0 bridgehead atoms. The summed E-state index contributed by atoms with van der Waals surface area (Å²) in [5.74, 6) is 1.35. The van der Waals surface area contributed by atoms with Crippen LogP contribution in [0.1, 0.15) is 5.56 Å². The standard InChI is InChI=1S/C13H20N2O4/c1-14-6-7-15-13(16)19-9-10-8-11(17-2)4-5-12(10)18-3/h4-5,8,14H,6-7,9H2,1-3H3,(H,15,16). The van der Waals surface area contributed by atoms with Crippen molar-refractivity contribution in [2.24, 2.45) is 0 Å². The molecule has 6 nitrogen and oxygen atoms in total. The normalized spacial score (nSPS) is 9.84. The summed E-state index contributed by atoms with van der Waals surface area (Å²) >= 11 is 0. The van der Waals surface area contributed by atoms with Gasteiger partial charge >= 0.3 is 6.09 Å². The predicted octanol–water partition coefficient (Wildman–Crippen LogP) is 1.15. The maximum absolute atomic E-state index is 11.4. The molecule has 6 heteroatoms. The van der Waals surface area contributed by atoms with E-state index < -0.39 is 6.09 Å². The van der Waals surface area contributed by atoms with Crippen molar-refractivity contribution >= 4 is 6.09 Å². The zero-order valence-electron chi connectivity index (χ0n) is 11.5. The van der Waals surface area contributed by atoms with Crippen LogP contribution >= 0.6 is 0 Å². The summed E-state index contributed by atoms with van der Waals surface area (Å²) in [5, 5.41) is 5.55. The van der Waals surface area contributed by atoms with E-state index in [1.54, 1.807) is 32.4 Å². The highest BCUT2D eigenvalue weighted by Gasteiger charge is 2.08. The van der Waals surface area contributed by atoms with E-state index in [-0.39, 0.29) is 6.61 Å². The fraction of sp³-hybridized carbons (Fsp3) is 0.462. The van der Waals surface area contributed by atoms with Crippen molar-refractivity contribution in [1.82, 2.24) is 10.6 Å². The molecule has 1 aromatic rings. The number of nitrogens with one attached hydrogen (secondary N) is 2. The molecular formula is C13H20N2O4. The Hall–Kier alpha value is -1.95. The summed E-state index contributed by atoms with van der Waals surface area (Å²) < 4.78 is 15.4. The lowest BCUT2D eigenvalue weighted by Crippen LogP contribution is -2.30. The Kier molecular flexibility index (Phi) is 6.52. The minimum Gasteiger partial charge on any atom is -0.497 e. The Morgan fingerprint density at radius 2 is 2.00 bits per heavy atom. The van der Waals surface area contributed by atoms with E-state index >= 15 is 0 Å². The third-order valence-electron chi connectivity index (χ3n) is 2.49. The molecule has 0 atom stereocenters. The first-order valence-electron chi connectivity index (χ1n) is 5.97. The SMILES string of the molecule is CNCCNC(=O)OCc1cc(OC)ccc1OC. The summed E-state index contributed by atoms with van der Waals surface area (Å²) in [6.07, 6.45) is -0.458. The Morgan fingerprint density at radius 3 is 2.63 bits per heavy atom. The minimum atomic E-state index is -0.458. The smallest absolute Gasteiger partial charge is 0.407 e. The van der Waals surface area contributed by atoms with E-state index in [4.69, 9.17) is 14.2 Å². The van der Waals surface area contributed by atoms with Crippen LogP contribution in [0, 0.1) is 0 Å². The van der Waals surface area contributed by atoms with Gasteiger partial charge < -0.3 is 24.8 Å². The molecule has 1 aromatic carbocycles.